The number of ether oxygens (including phenoxy) is 1. The Morgan fingerprint density at radius 2 is 1.91 bits per heavy atom. The van der Waals surface area contributed by atoms with Crippen molar-refractivity contribution < 1.29 is 4.74 Å². The van der Waals surface area contributed by atoms with Crippen LogP contribution in [0, 0.1) is 0 Å². The summed E-state index contributed by atoms with van der Waals surface area (Å²) < 4.78 is 6.05. The Hall–Kier alpha value is -3.45. The van der Waals surface area contributed by atoms with Gasteiger partial charge in [-0.25, -0.2) is 9.97 Å². The summed E-state index contributed by atoms with van der Waals surface area (Å²) in [6.07, 6.45) is 8.88. The summed E-state index contributed by atoms with van der Waals surface area (Å²) in [5.74, 6) is 2.26. The summed E-state index contributed by atoms with van der Waals surface area (Å²) in [4.78, 5) is 11.7. The highest BCUT2D eigenvalue weighted by Gasteiger charge is 2.09. The summed E-state index contributed by atoms with van der Waals surface area (Å²) in [5, 5.41) is 11.4. The number of aromatic nitrogens is 4. The molecule has 1 saturated heterocycles. The molecule has 0 amide bonds. The maximum Gasteiger partial charge on any atom is 0.161 e. The Morgan fingerprint density at radius 3 is 2.81 bits per heavy atom. The van der Waals surface area contributed by atoms with Crippen LogP contribution in [0.1, 0.15) is 25.7 Å². The predicted octanol–water partition coefficient (Wildman–Crippen LogP) is 5.02. The van der Waals surface area contributed by atoms with Gasteiger partial charge in [0.15, 0.2) is 5.82 Å². The Labute approximate surface area is 187 Å². The Balaban J connectivity index is 1.24. The standard InChI is InChI=1S/C25H28N6O/c1-2-4-13-31(12-3-1)14-15-32-22-7-5-6-19(17-22)25-26-11-10-24(29-25)28-21-8-9-23-20(16-21)18-27-30-23/h5-11,16-18H,1-4,12-15H2,(H,27,30)(H,26,28,29). The molecule has 1 fully saturated rings. The molecule has 0 aliphatic carbocycles. The molecule has 2 N–H and O–H groups in total. The average molecular weight is 429 g/mol. The lowest BCUT2D eigenvalue weighted by Crippen LogP contribution is -2.29. The zero-order valence-electron chi connectivity index (χ0n) is 18.1. The number of hydrogen-bond acceptors (Lipinski definition) is 6. The third-order valence-corrected chi connectivity index (χ3v) is 5.84. The molecule has 0 bridgehead atoms. The number of anilines is 2. The molecular weight excluding hydrogens is 400 g/mol. The van der Waals surface area contributed by atoms with E-state index < -0.39 is 0 Å². The predicted molar refractivity (Wildman–Crippen MR) is 127 cm³/mol. The molecule has 0 atom stereocenters. The molecule has 7 nitrogen and oxygen atoms in total. The minimum Gasteiger partial charge on any atom is -0.492 e. The van der Waals surface area contributed by atoms with E-state index in [-0.39, 0.29) is 0 Å². The van der Waals surface area contributed by atoms with E-state index in [2.05, 4.69) is 25.4 Å². The number of likely N-dealkylation sites (tertiary alicyclic amines) is 1. The van der Waals surface area contributed by atoms with E-state index in [4.69, 9.17) is 9.72 Å². The van der Waals surface area contributed by atoms with E-state index in [1.54, 1.807) is 6.20 Å². The fraction of sp³-hybridized carbons (Fsp3) is 0.320. The normalized spacial score (nSPS) is 14.9. The van der Waals surface area contributed by atoms with Crippen molar-refractivity contribution in [3.05, 3.63) is 60.9 Å². The minimum absolute atomic E-state index is 0.664. The number of hydrogen-bond donors (Lipinski definition) is 2. The van der Waals surface area contributed by atoms with E-state index in [1.807, 2.05) is 54.7 Å². The maximum atomic E-state index is 6.05. The van der Waals surface area contributed by atoms with Crippen molar-refractivity contribution in [3.8, 4) is 17.1 Å². The third kappa shape index (κ3) is 5.06. The molecule has 1 aliphatic rings. The molecule has 2 aromatic heterocycles. The zero-order chi connectivity index (χ0) is 21.6. The lowest BCUT2D eigenvalue weighted by Gasteiger charge is -2.19. The Kier molecular flexibility index (Phi) is 6.25. The second kappa shape index (κ2) is 9.78. The highest BCUT2D eigenvalue weighted by molar-refractivity contribution is 5.82. The molecule has 0 saturated carbocycles. The van der Waals surface area contributed by atoms with E-state index >= 15 is 0 Å². The Bertz CT molecular complexity index is 1170. The summed E-state index contributed by atoms with van der Waals surface area (Å²) in [7, 11) is 0. The van der Waals surface area contributed by atoms with Crippen LogP contribution in [-0.4, -0.2) is 51.3 Å². The fourth-order valence-corrected chi connectivity index (χ4v) is 4.11. The molecule has 5 rings (SSSR count). The first-order chi connectivity index (χ1) is 15.8. The van der Waals surface area contributed by atoms with Crippen molar-refractivity contribution in [3.63, 3.8) is 0 Å². The number of benzene rings is 2. The van der Waals surface area contributed by atoms with Crippen molar-refractivity contribution in [1.82, 2.24) is 25.1 Å². The number of fused-ring (bicyclic) bond motifs is 1. The fourth-order valence-electron chi connectivity index (χ4n) is 4.11. The van der Waals surface area contributed by atoms with Crippen molar-refractivity contribution in [2.24, 2.45) is 0 Å². The van der Waals surface area contributed by atoms with E-state index in [1.165, 1.54) is 38.8 Å². The van der Waals surface area contributed by atoms with Crippen LogP contribution in [0.3, 0.4) is 0 Å². The first kappa shape index (κ1) is 20.5. The number of nitrogens with one attached hydrogen (secondary N) is 2. The van der Waals surface area contributed by atoms with Crippen LogP contribution in [-0.2, 0) is 0 Å². The SMILES string of the molecule is c1cc(OCCN2CCCCCC2)cc(-c2nccc(Nc3ccc4[nH]ncc4c3)n2)c1. The molecule has 7 heteroatoms. The molecule has 0 radical (unpaired) electrons. The van der Waals surface area contributed by atoms with Crippen molar-refractivity contribution >= 4 is 22.4 Å². The van der Waals surface area contributed by atoms with Crippen LogP contribution in [0.15, 0.2) is 60.9 Å². The summed E-state index contributed by atoms with van der Waals surface area (Å²) >= 11 is 0. The second-order valence-corrected chi connectivity index (χ2v) is 8.19. The van der Waals surface area contributed by atoms with Gasteiger partial charge in [-0.1, -0.05) is 25.0 Å². The summed E-state index contributed by atoms with van der Waals surface area (Å²) in [6, 6.07) is 15.9. The van der Waals surface area contributed by atoms with Gasteiger partial charge in [-0.05, 0) is 62.3 Å². The smallest absolute Gasteiger partial charge is 0.161 e. The second-order valence-electron chi connectivity index (χ2n) is 8.19. The minimum atomic E-state index is 0.664. The first-order valence-electron chi connectivity index (χ1n) is 11.3. The Morgan fingerprint density at radius 1 is 1.00 bits per heavy atom. The monoisotopic (exact) mass is 428 g/mol. The van der Waals surface area contributed by atoms with Crippen molar-refractivity contribution in [1.29, 1.82) is 0 Å². The first-order valence-corrected chi connectivity index (χ1v) is 11.3. The van der Waals surface area contributed by atoms with Crippen LogP contribution in [0.2, 0.25) is 0 Å². The van der Waals surface area contributed by atoms with E-state index in [0.29, 0.717) is 12.4 Å². The lowest BCUT2D eigenvalue weighted by molar-refractivity contribution is 0.214. The third-order valence-electron chi connectivity index (χ3n) is 5.84. The number of nitrogens with zero attached hydrogens (tertiary/aromatic N) is 4. The van der Waals surface area contributed by atoms with Gasteiger partial charge < -0.3 is 10.1 Å². The van der Waals surface area contributed by atoms with Crippen LogP contribution < -0.4 is 10.1 Å². The molecule has 164 valence electrons. The molecule has 0 spiro atoms. The molecule has 3 heterocycles. The number of H-pyrrole nitrogens is 1. The van der Waals surface area contributed by atoms with Gasteiger partial charge in [-0.3, -0.25) is 10.00 Å². The summed E-state index contributed by atoms with van der Waals surface area (Å²) in [5.41, 5.74) is 2.90. The summed E-state index contributed by atoms with van der Waals surface area (Å²) in [6.45, 7) is 4.04. The number of rotatable bonds is 7. The van der Waals surface area contributed by atoms with Crippen LogP contribution >= 0.6 is 0 Å². The molecule has 4 aromatic rings. The van der Waals surface area contributed by atoms with Gasteiger partial charge in [0.1, 0.15) is 18.2 Å². The van der Waals surface area contributed by atoms with Gasteiger partial charge in [0.05, 0.1) is 11.7 Å². The topological polar surface area (TPSA) is 79.0 Å². The van der Waals surface area contributed by atoms with E-state index in [0.717, 1.165) is 40.3 Å². The van der Waals surface area contributed by atoms with Gasteiger partial charge in [0, 0.05) is 29.4 Å². The molecular formula is C25H28N6O. The highest BCUT2D eigenvalue weighted by atomic mass is 16.5. The molecule has 2 aromatic carbocycles. The largest absolute Gasteiger partial charge is 0.492 e. The van der Waals surface area contributed by atoms with Gasteiger partial charge >= 0.3 is 0 Å². The van der Waals surface area contributed by atoms with Gasteiger partial charge in [-0.15, -0.1) is 0 Å². The maximum absolute atomic E-state index is 6.05. The quantitative estimate of drug-likeness (QED) is 0.430. The van der Waals surface area contributed by atoms with Crippen LogP contribution in [0.5, 0.6) is 5.75 Å². The number of aromatic amines is 1. The lowest BCUT2D eigenvalue weighted by atomic mass is 10.2. The van der Waals surface area contributed by atoms with Gasteiger partial charge in [0.2, 0.25) is 0 Å². The highest BCUT2D eigenvalue weighted by Crippen LogP contribution is 2.24. The van der Waals surface area contributed by atoms with E-state index in [9.17, 15) is 0 Å². The average Bonchev–Trinajstić information content (AvgIpc) is 3.14. The molecule has 1 aliphatic heterocycles. The molecule has 32 heavy (non-hydrogen) atoms. The van der Waals surface area contributed by atoms with Crippen LogP contribution in [0.25, 0.3) is 22.3 Å². The van der Waals surface area contributed by atoms with Gasteiger partial charge in [-0.2, -0.15) is 5.10 Å². The van der Waals surface area contributed by atoms with Gasteiger partial charge in [0.25, 0.3) is 0 Å². The zero-order valence-corrected chi connectivity index (χ0v) is 18.1. The van der Waals surface area contributed by atoms with Crippen molar-refractivity contribution in [2.75, 3.05) is 31.6 Å². The van der Waals surface area contributed by atoms with Crippen LogP contribution in [0.4, 0.5) is 11.5 Å². The molecule has 0 unspecified atom stereocenters. The van der Waals surface area contributed by atoms with Crippen molar-refractivity contribution in [2.45, 2.75) is 25.7 Å².